The number of rotatable bonds is 17. The molecule has 0 spiro atoms. The summed E-state index contributed by atoms with van der Waals surface area (Å²) in [5.41, 5.74) is -2.97. The SMILES string of the molecule is CCCCCCCCCCCC(=O)OC(O)(CO)C(O)(C(=O)CC)C(=O)CC. The molecule has 7 nitrogen and oxygen atoms in total. The first-order chi connectivity index (χ1) is 13.2. The minimum atomic E-state index is -2.98. The Labute approximate surface area is 168 Å². The van der Waals surface area contributed by atoms with Crippen LogP contribution in [0.4, 0.5) is 0 Å². The van der Waals surface area contributed by atoms with Crippen LogP contribution in [0.3, 0.4) is 0 Å². The lowest BCUT2D eigenvalue weighted by molar-refractivity contribution is -0.281. The van der Waals surface area contributed by atoms with Gasteiger partial charge >= 0.3 is 5.97 Å². The Bertz CT molecular complexity index is 473. The molecule has 3 N–H and O–H groups in total. The second kappa shape index (κ2) is 13.8. The van der Waals surface area contributed by atoms with E-state index in [0.29, 0.717) is 6.42 Å². The first-order valence-corrected chi connectivity index (χ1v) is 10.6. The van der Waals surface area contributed by atoms with Crippen molar-refractivity contribution < 1.29 is 34.4 Å². The summed E-state index contributed by atoms with van der Waals surface area (Å²) in [6, 6.07) is 0. The third-order valence-electron chi connectivity index (χ3n) is 5.00. The maximum atomic E-state index is 12.1. The third kappa shape index (κ3) is 7.60. The van der Waals surface area contributed by atoms with E-state index >= 15 is 0 Å². The molecular formula is C21H38O7. The number of carbonyl (C=O) groups excluding carboxylic acids is 3. The molecule has 164 valence electrons. The van der Waals surface area contributed by atoms with Crippen molar-refractivity contribution in [3.8, 4) is 0 Å². The summed E-state index contributed by atoms with van der Waals surface area (Å²) in [5, 5.41) is 30.5. The Kier molecular flexibility index (Phi) is 13.2. The number of Topliss-reactive ketones (excluding diaryl/α,β-unsaturated/α-hetero) is 2. The van der Waals surface area contributed by atoms with Crippen molar-refractivity contribution in [3.05, 3.63) is 0 Å². The van der Waals surface area contributed by atoms with Gasteiger partial charge in [-0.1, -0.05) is 72.1 Å². The van der Waals surface area contributed by atoms with Crippen LogP contribution in [0, 0.1) is 0 Å². The van der Waals surface area contributed by atoms with Gasteiger partial charge in [-0.15, -0.1) is 0 Å². The van der Waals surface area contributed by atoms with Crippen molar-refractivity contribution in [1.29, 1.82) is 0 Å². The molecule has 1 unspecified atom stereocenters. The first-order valence-electron chi connectivity index (χ1n) is 10.6. The van der Waals surface area contributed by atoms with Gasteiger partial charge in [0.1, 0.15) is 6.61 Å². The number of esters is 1. The summed E-state index contributed by atoms with van der Waals surface area (Å²) in [6.07, 6.45) is 8.95. The van der Waals surface area contributed by atoms with Gasteiger partial charge < -0.3 is 20.1 Å². The van der Waals surface area contributed by atoms with Crippen LogP contribution >= 0.6 is 0 Å². The predicted molar refractivity (Wildman–Crippen MR) is 106 cm³/mol. The van der Waals surface area contributed by atoms with E-state index < -0.39 is 35.5 Å². The molecule has 0 rings (SSSR count). The number of unbranched alkanes of at least 4 members (excludes halogenated alkanes) is 8. The molecular weight excluding hydrogens is 364 g/mol. The van der Waals surface area contributed by atoms with Crippen molar-refractivity contribution in [3.63, 3.8) is 0 Å². The molecule has 0 bridgehead atoms. The molecule has 28 heavy (non-hydrogen) atoms. The van der Waals surface area contributed by atoms with Gasteiger partial charge in [0.2, 0.25) is 5.60 Å². The second-order valence-corrected chi connectivity index (χ2v) is 7.26. The fourth-order valence-corrected chi connectivity index (χ4v) is 3.14. The van der Waals surface area contributed by atoms with Crippen LogP contribution in [0.25, 0.3) is 0 Å². The van der Waals surface area contributed by atoms with Crippen LogP contribution in [-0.4, -0.2) is 50.9 Å². The molecule has 0 fully saturated rings. The third-order valence-corrected chi connectivity index (χ3v) is 5.00. The number of hydrogen-bond donors (Lipinski definition) is 3. The number of carbonyl (C=O) groups is 3. The second-order valence-electron chi connectivity index (χ2n) is 7.26. The topological polar surface area (TPSA) is 121 Å². The maximum Gasteiger partial charge on any atom is 0.308 e. The Hall–Kier alpha value is -1.31. The van der Waals surface area contributed by atoms with Crippen molar-refractivity contribution in [2.45, 2.75) is 109 Å². The van der Waals surface area contributed by atoms with E-state index in [1.54, 1.807) is 0 Å². The summed E-state index contributed by atoms with van der Waals surface area (Å²) in [5.74, 6) is -5.87. The number of aliphatic hydroxyl groups excluding tert-OH is 1. The average Bonchev–Trinajstić information content (AvgIpc) is 2.70. The summed E-state index contributed by atoms with van der Waals surface area (Å²) in [6.45, 7) is 3.72. The van der Waals surface area contributed by atoms with Crippen molar-refractivity contribution in [2.24, 2.45) is 0 Å². The Morgan fingerprint density at radius 2 is 1.18 bits per heavy atom. The van der Waals surface area contributed by atoms with Crippen LogP contribution < -0.4 is 0 Å². The van der Waals surface area contributed by atoms with Gasteiger partial charge in [-0.25, -0.2) is 0 Å². The largest absolute Gasteiger partial charge is 0.426 e. The molecule has 0 radical (unpaired) electrons. The zero-order valence-corrected chi connectivity index (χ0v) is 17.7. The van der Waals surface area contributed by atoms with Gasteiger partial charge in [-0.2, -0.15) is 0 Å². The molecule has 1 atom stereocenters. The van der Waals surface area contributed by atoms with E-state index in [-0.39, 0.29) is 19.3 Å². The molecule has 0 aromatic carbocycles. The number of hydrogen-bond acceptors (Lipinski definition) is 7. The Morgan fingerprint density at radius 3 is 1.57 bits per heavy atom. The van der Waals surface area contributed by atoms with Gasteiger partial charge in [0.05, 0.1) is 0 Å². The van der Waals surface area contributed by atoms with Crippen LogP contribution in [-0.2, 0) is 19.1 Å². The molecule has 7 heteroatoms. The molecule has 0 aromatic heterocycles. The molecule has 0 aromatic rings. The van der Waals surface area contributed by atoms with E-state index in [1.807, 2.05) is 0 Å². The van der Waals surface area contributed by atoms with Crippen LogP contribution in [0.5, 0.6) is 0 Å². The van der Waals surface area contributed by atoms with Gasteiger partial charge in [-0.05, 0) is 6.42 Å². The fourth-order valence-electron chi connectivity index (χ4n) is 3.14. The lowest BCUT2D eigenvalue weighted by Gasteiger charge is -2.38. The fraction of sp³-hybridized carbons (Fsp3) is 0.857. The summed E-state index contributed by atoms with van der Waals surface area (Å²) in [4.78, 5) is 36.3. The Morgan fingerprint density at radius 1 is 0.750 bits per heavy atom. The quantitative estimate of drug-likeness (QED) is 0.148. The predicted octanol–water partition coefficient (Wildman–Crippen LogP) is 2.82. The van der Waals surface area contributed by atoms with Crippen molar-refractivity contribution >= 4 is 17.5 Å². The molecule has 0 aliphatic carbocycles. The average molecular weight is 403 g/mol. The highest BCUT2D eigenvalue weighted by molar-refractivity contribution is 6.11. The zero-order valence-electron chi connectivity index (χ0n) is 17.7. The number of ether oxygens (including phenoxy) is 1. The Balaban J connectivity index is 4.59. The van der Waals surface area contributed by atoms with Gasteiger partial charge in [0, 0.05) is 19.3 Å². The van der Waals surface area contributed by atoms with Crippen LogP contribution in [0.15, 0.2) is 0 Å². The minimum Gasteiger partial charge on any atom is -0.426 e. The minimum absolute atomic E-state index is 0.0329. The molecule has 0 amide bonds. The van der Waals surface area contributed by atoms with Crippen molar-refractivity contribution in [1.82, 2.24) is 0 Å². The molecule has 0 aliphatic rings. The smallest absolute Gasteiger partial charge is 0.308 e. The number of aliphatic hydroxyl groups is 3. The maximum absolute atomic E-state index is 12.1. The van der Waals surface area contributed by atoms with Gasteiger partial charge in [0.15, 0.2) is 11.6 Å². The van der Waals surface area contributed by atoms with E-state index in [0.717, 1.165) is 19.3 Å². The highest BCUT2D eigenvalue weighted by Crippen LogP contribution is 2.29. The van der Waals surface area contributed by atoms with E-state index in [9.17, 15) is 29.7 Å². The standard InChI is InChI=1S/C21H38O7/c1-4-7-8-9-10-11-12-13-14-15-19(25)28-20(26,16-22)21(27,17(23)5-2)18(24)6-3/h22,26-27H,4-16H2,1-3H3. The monoisotopic (exact) mass is 402 g/mol. The molecule has 0 saturated heterocycles. The molecule has 0 heterocycles. The summed E-state index contributed by atoms with van der Waals surface area (Å²) < 4.78 is 4.85. The van der Waals surface area contributed by atoms with Crippen LogP contribution in [0.1, 0.15) is 97.8 Å². The summed E-state index contributed by atoms with van der Waals surface area (Å²) >= 11 is 0. The zero-order chi connectivity index (χ0) is 21.6. The highest BCUT2D eigenvalue weighted by Gasteiger charge is 2.61. The first kappa shape index (κ1) is 26.7. The lowest BCUT2D eigenvalue weighted by atomic mass is 9.82. The molecule has 0 aliphatic heterocycles. The summed E-state index contributed by atoms with van der Waals surface area (Å²) in [7, 11) is 0. The van der Waals surface area contributed by atoms with Gasteiger partial charge in [0.25, 0.3) is 5.79 Å². The molecule has 0 saturated carbocycles. The van der Waals surface area contributed by atoms with E-state index in [2.05, 4.69) is 6.92 Å². The normalized spacial score (nSPS) is 13.8. The van der Waals surface area contributed by atoms with Gasteiger partial charge in [-0.3, -0.25) is 14.4 Å². The van der Waals surface area contributed by atoms with E-state index in [1.165, 1.54) is 46.0 Å². The van der Waals surface area contributed by atoms with Crippen molar-refractivity contribution in [2.75, 3.05) is 6.61 Å². The van der Waals surface area contributed by atoms with E-state index in [4.69, 9.17) is 4.74 Å². The van der Waals surface area contributed by atoms with Crippen LogP contribution in [0.2, 0.25) is 0 Å². The lowest BCUT2D eigenvalue weighted by Crippen LogP contribution is -2.67. The number of ketones is 2. The highest BCUT2D eigenvalue weighted by atomic mass is 16.7.